The van der Waals surface area contributed by atoms with Crippen LogP contribution in [0.25, 0.3) is 0 Å². The minimum atomic E-state index is -0.486. The van der Waals surface area contributed by atoms with Crippen molar-refractivity contribution in [2.45, 2.75) is 72.5 Å². The molecule has 2 fully saturated rings. The zero-order valence-corrected chi connectivity index (χ0v) is 14.4. The Labute approximate surface area is 129 Å². The van der Waals surface area contributed by atoms with Crippen LogP contribution < -0.4 is 0 Å². The maximum atomic E-state index is 11.9. The second-order valence-corrected chi connectivity index (χ2v) is 8.52. The first-order valence-corrected chi connectivity index (χ1v) is 8.00. The quantitative estimate of drug-likeness (QED) is 0.578. The van der Waals surface area contributed by atoms with Crippen molar-refractivity contribution < 1.29 is 14.3 Å². The number of hydrogen-bond donors (Lipinski definition) is 0. The third-order valence-corrected chi connectivity index (χ3v) is 5.86. The van der Waals surface area contributed by atoms with Crippen LogP contribution in [0.3, 0.4) is 0 Å². The van der Waals surface area contributed by atoms with Crippen molar-refractivity contribution in [3.63, 3.8) is 0 Å². The highest BCUT2D eigenvalue weighted by Crippen LogP contribution is 2.66. The molecule has 2 saturated carbocycles. The molecule has 3 atom stereocenters. The average molecular weight is 294 g/mol. The Morgan fingerprint density at radius 1 is 1.29 bits per heavy atom. The Morgan fingerprint density at radius 2 is 1.90 bits per heavy atom. The summed E-state index contributed by atoms with van der Waals surface area (Å²) in [6, 6.07) is 0. The van der Waals surface area contributed by atoms with Gasteiger partial charge in [-0.05, 0) is 56.8 Å². The smallest absolute Gasteiger partial charge is 0.336 e. The molecule has 0 aromatic carbocycles. The lowest BCUT2D eigenvalue weighted by molar-refractivity contribution is -0.151. The Bertz CT molecular complexity index is 444. The molecule has 3 unspecified atom stereocenters. The molecule has 2 rings (SSSR count). The molecule has 2 bridgehead atoms. The molecule has 0 aliphatic heterocycles. The van der Waals surface area contributed by atoms with Gasteiger partial charge in [-0.15, -0.1) is 0 Å². The van der Waals surface area contributed by atoms with E-state index in [0.717, 1.165) is 12.3 Å². The van der Waals surface area contributed by atoms with E-state index in [9.17, 15) is 4.79 Å². The molecule has 120 valence electrons. The second kappa shape index (κ2) is 5.12. The van der Waals surface area contributed by atoms with E-state index in [2.05, 4.69) is 27.4 Å². The number of esters is 1. The first-order valence-electron chi connectivity index (χ1n) is 8.00. The molecule has 3 nitrogen and oxygen atoms in total. The van der Waals surface area contributed by atoms with Crippen molar-refractivity contribution in [1.82, 2.24) is 0 Å². The minimum Gasteiger partial charge on any atom is -0.457 e. The van der Waals surface area contributed by atoms with Crippen LogP contribution in [0.2, 0.25) is 0 Å². The fourth-order valence-corrected chi connectivity index (χ4v) is 3.99. The number of hydrogen-bond acceptors (Lipinski definition) is 3. The second-order valence-electron chi connectivity index (χ2n) is 8.52. The van der Waals surface area contributed by atoms with Gasteiger partial charge in [-0.25, -0.2) is 4.79 Å². The first kappa shape index (κ1) is 16.5. The van der Waals surface area contributed by atoms with Crippen molar-refractivity contribution in [1.29, 1.82) is 0 Å². The zero-order valence-electron chi connectivity index (χ0n) is 14.4. The van der Waals surface area contributed by atoms with E-state index in [-0.39, 0.29) is 24.1 Å². The Kier molecular flexibility index (Phi) is 4.03. The van der Waals surface area contributed by atoms with Gasteiger partial charge in [0.1, 0.15) is 5.60 Å². The van der Waals surface area contributed by atoms with Crippen molar-refractivity contribution in [3.05, 3.63) is 12.2 Å². The predicted molar refractivity (Wildman–Crippen MR) is 84.0 cm³/mol. The topological polar surface area (TPSA) is 35.5 Å². The number of rotatable bonds is 4. The maximum Gasteiger partial charge on any atom is 0.336 e. The third-order valence-electron chi connectivity index (χ3n) is 5.86. The molecule has 2 aliphatic carbocycles. The van der Waals surface area contributed by atoms with Gasteiger partial charge in [0, 0.05) is 0 Å². The lowest BCUT2D eigenvalue weighted by Gasteiger charge is -2.39. The molecule has 0 saturated heterocycles. The molecular formula is C18H30O3. The molecule has 0 N–H and O–H groups in total. The highest BCUT2D eigenvalue weighted by atomic mass is 16.6. The molecule has 0 radical (unpaired) electrons. The summed E-state index contributed by atoms with van der Waals surface area (Å²) in [5.74, 6) is 0.386. The number of carbonyl (C=O) groups is 1. The Hall–Kier alpha value is -0.830. The van der Waals surface area contributed by atoms with Crippen LogP contribution in [-0.4, -0.2) is 24.3 Å². The molecule has 0 aromatic rings. The van der Waals surface area contributed by atoms with Crippen molar-refractivity contribution in [2.24, 2.45) is 16.7 Å². The molecule has 0 aromatic heterocycles. The van der Waals surface area contributed by atoms with Crippen molar-refractivity contribution in [2.75, 3.05) is 6.61 Å². The van der Waals surface area contributed by atoms with Crippen LogP contribution in [0.15, 0.2) is 12.2 Å². The molecule has 3 heteroatoms. The minimum absolute atomic E-state index is 0.214. The van der Waals surface area contributed by atoms with Crippen LogP contribution >= 0.6 is 0 Å². The van der Waals surface area contributed by atoms with Crippen LogP contribution in [0.5, 0.6) is 0 Å². The molecular weight excluding hydrogens is 264 g/mol. The van der Waals surface area contributed by atoms with Crippen LogP contribution in [0.1, 0.15) is 60.8 Å². The van der Waals surface area contributed by atoms with Gasteiger partial charge in [-0.3, -0.25) is 0 Å². The van der Waals surface area contributed by atoms with Crippen molar-refractivity contribution >= 4 is 5.97 Å². The van der Waals surface area contributed by atoms with Crippen LogP contribution in [0, 0.1) is 16.7 Å². The summed E-state index contributed by atoms with van der Waals surface area (Å²) < 4.78 is 11.4. The van der Waals surface area contributed by atoms with E-state index in [1.54, 1.807) is 0 Å². The summed E-state index contributed by atoms with van der Waals surface area (Å²) in [7, 11) is 0. The zero-order chi connectivity index (χ0) is 16.1. The van der Waals surface area contributed by atoms with Gasteiger partial charge < -0.3 is 9.47 Å². The number of ether oxygens (including phenoxy) is 2. The Morgan fingerprint density at radius 3 is 2.33 bits per heavy atom. The summed E-state index contributed by atoms with van der Waals surface area (Å²) in [6.07, 6.45) is 3.85. The van der Waals surface area contributed by atoms with Gasteiger partial charge >= 0.3 is 5.97 Å². The normalized spacial score (nSPS) is 34.0. The standard InChI is InChI=1S/C18H30O3/c1-12(15(19)21-16(2,3)4)11-20-14-10-13-8-9-18(14,7)17(13,5)6/h13-14H,1,8-11H2,2-7H3. The third kappa shape index (κ3) is 2.90. The van der Waals surface area contributed by atoms with Gasteiger partial charge in [-0.1, -0.05) is 27.4 Å². The summed E-state index contributed by atoms with van der Waals surface area (Å²) >= 11 is 0. The summed E-state index contributed by atoms with van der Waals surface area (Å²) in [4.78, 5) is 11.9. The van der Waals surface area contributed by atoms with Crippen molar-refractivity contribution in [3.8, 4) is 0 Å². The maximum absolute atomic E-state index is 11.9. The van der Waals surface area contributed by atoms with Gasteiger partial charge in [-0.2, -0.15) is 0 Å². The predicted octanol–water partition coefficient (Wildman–Crippen LogP) is 4.12. The van der Waals surface area contributed by atoms with E-state index >= 15 is 0 Å². The van der Waals surface area contributed by atoms with Crippen LogP contribution in [0.4, 0.5) is 0 Å². The van der Waals surface area contributed by atoms with E-state index in [1.165, 1.54) is 12.8 Å². The van der Waals surface area contributed by atoms with Gasteiger partial charge in [0.25, 0.3) is 0 Å². The fraction of sp³-hybridized carbons (Fsp3) is 0.833. The van der Waals surface area contributed by atoms with Gasteiger partial charge in [0.2, 0.25) is 0 Å². The summed E-state index contributed by atoms with van der Waals surface area (Å²) in [5.41, 5.74) is 0.464. The lowest BCUT2D eigenvalue weighted by Crippen LogP contribution is -2.37. The summed E-state index contributed by atoms with van der Waals surface area (Å²) in [6.45, 7) is 16.7. The van der Waals surface area contributed by atoms with Gasteiger partial charge in [0.15, 0.2) is 0 Å². The highest BCUT2D eigenvalue weighted by Gasteiger charge is 2.61. The highest BCUT2D eigenvalue weighted by molar-refractivity contribution is 5.88. The average Bonchev–Trinajstić information content (AvgIpc) is 2.66. The molecule has 0 heterocycles. The summed E-state index contributed by atoms with van der Waals surface area (Å²) in [5, 5.41) is 0. The molecule has 0 amide bonds. The largest absolute Gasteiger partial charge is 0.457 e. The van der Waals surface area contributed by atoms with E-state index in [0.29, 0.717) is 11.0 Å². The molecule has 2 aliphatic rings. The monoisotopic (exact) mass is 294 g/mol. The Balaban J connectivity index is 1.90. The van der Waals surface area contributed by atoms with E-state index in [4.69, 9.17) is 9.47 Å². The first-order chi connectivity index (χ1) is 9.47. The van der Waals surface area contributed by atoms with E-state index in [1.807, 2.05) is 20.8 Å². The fourth-order valence-electron chi connectivity index (χ4n) is 3.99. The SMILES string of the molecule is C=C(COC1CC2CCC1(C)C2(C)C)C(=O)OC(C)(C)C. The van der Waals surface area contributed by atoms with Crippen LogP contribution in [-0.2, 0) is 14.3 Å². The number of fused-ring (bicyclic) bond motifs is 2. The lowest BCUT2D eigenvalue weighted by atomic mass is 9.70. The van der Waals surface area contributed by atoms with E-state index < -0.39 is 5.60 Å². The molecule has 21 heavy (non-hydrogen) atoms. The van der Waals surface area contributed by atoms with Gasteiger partial charge in [0.05, 0.1) is 18.3 Å². The number of carbonyl (C=O) groups excluding carboxylic acids is 1. The molecule has 0 spiro atoms.